The first-order valence-corrected chi connectivity index (χ1v) is 6.82. The van der Waals surface area contributed by atoms with Gasteiger partial charge in [0.25, 0.3) is 0 Å². The maximum atomic E-state index is 13.0. The van der Waals surface area contributed by atoms with E-state index in [9.17, 15) is 18.3 Å². The fourth-order valence-corrected chi connectivity index (χ4v) is 3.73. The van der Waals surface area contributed by atoms with Crippen LogP contribution in [0, 0.1) is 11.8 Å². The third-order valence-electron chi connectivity index (χ3n) is 4.93. The van der Waals surface area contributed by atoms with Crippen molar-refractivity contribution < 1.29 is 18.3 Å². The molecule has 4 rings (SSSR count). The predicted molar refractivity (Wildman–Crippen MR) is 69.2 cm³/mol. The van der Waals surface area contributed by atoms with Crippen molar-refractivity contribution >= 4 is 10.9 Å². The summed E-state index contributed by atoms with van der Waals surface area (Å²) in [5.74, 6) is 0.429. The Kier molecular flexibility index (Phi) is 2.35. The number of rotatable bonds is 1. The largest absolute Gasteiger partial charge is 0.416 e. The lowest BCUT2D eigenvalue weighted by atomic mass is 9.85. The molecule has 4 N–H and O–H groups in total. The summed E-state index contributed by atoms with van der Waals surface area (Å²) in [7, 11) is 0. The smallest absolute Gasteiger partial charge is 0.385 e. The summed E-state index contributed by atoms with van der Waals surface area (Å²) < 4.78 is 39.1. The number of halogens is 3. The topological polar surface area (TPSA) is 74.9 Å². The first-order chi connectivity index (χ1) is 9.79. The number of aromatic nitrogens is 2. The van der Waals surface area contributed by atoms with Crippen LogP contribution in [0.15, 0.2) is 18.3 Å². The third kappa shape index (κ3) is 1.80. The average Bonchev–Trinajstić information content (AvgIpc) is 2.86. The highest BCUT2D eigenvalue weighted by Crippen LogP contribution is 2.59. The van der Waals surface area contributed by atoms with Crippen molar-refractivity contribution in [3.63, 3.8) is 0 Å². The molecule has 0 amide bonds. The molecule has 2 aliphatic rings. The molecule has 4 nitrogen and oxygen atoms in total. The molecule has 2 aromatic rings. The van der Waals surface area contributed by atoms with Crippen molar-refractivity contribution in [2.45, 2.75) is 30.7 Å². The summed E-state index contributed by atoms with van der Waals surface area (Å²) in [5.41, 5.74) is 4.44. The molecule has 0 radical (unpaired) electrons. The molecule has 1 heterocycles. The van der Waals surface area contributed by atoms with Gasteiger partial charge in [-0.25, -0.2) is 0 Å². The Labute approximate surface area is 118 Å². The molecule has 1 aromatic carbocycles. The highest BCUT2D eigenvalue weighted by atomic mass is 19.4. The molecule has 0 aliphatic heterocycles. The monoisotopic (exact) mass is 297 g/mol. The first kappa shape index (κ1) is 13.1. The van der Waals surface area contributed by atoms with Crippen LogP contribution in [0.5, 0.6) is 0 Å². The predicted octanol–water partition coefficient (Wildman–Crippen LogP) is 2.14. The Morgan fingerprint density at radius 3 is 2.57 bits per heavy atom. The number of H-pyrrole nitrogens is 1. The minimum atomic E-state index is -4.46. The maximum absolute atomic E-state index is 13.0. The zero-order valence-electron chi connectivity index (χ0n) is 11.0. The molecule has 0 spiro atoms. The molecule has 21 heavy (non-hydrogen) atoms. The molecular weight excluding hydrogens is 283 g/mol. The first-order valence-electron chi connectivity index (χ1n) is 6.82. The highest BCUT2D eigenvalue weighted by molar-refractivity contribution is 5.83. The molecule has 2 unspecified atom stereocenters. The van der Waals surface area contributed by atoms with Crippen molar-refractivity contribution in [2.75, 3.05) is 0 Å². The van der Waals surface area contributed by atoms with Crippen LogP contribution in [0.2, 0.25) is 0 Å². The Hall–Kier alpha value is -1.60. The second kappa shape index (κ2) is 3.78. The molecule has 0 bridgehead atoms. The fraction of sp³-hybridized carbons (Fsp3) is 0.500. The van der Waals surface area contributed by atoms with Crippen LogP contribution >= 0.6 is 0 Å². The quantitative estimate of drug-likeness (QED) is 0.755. The van der Waals surface area contributed by atoms with E-state index in [1.54, 1.807) is 0 Å². The second-order valence-electron chi connectivity index (χ2n) is 6.20. The van der Waals surface area contributed by atoms with Gasteiger partial charge >= 0.3 is 6.18 Å². The van der Waals surface area contributed by atoms with Crippen molar-refractivity contribution in [2.24, 2.45) is 17.6 Å². The summed E-state index contributed by atoms with van der Waals surface area (Å²) in [6.07, 6.45) is -2.16. The van der Waals surface area contributed by atoms with Crippen molar-refractivity contribution in [3.05, 3.63) is 29.5 Å². The Bertz CT molecular complexity index is 712. The highest BCUT2D eigenvalue weighted by Gasteiger charge is 2.60. The van der Waals surface area contributed by atoms with E-state index in [2.05, 4.69) is 10.2 Å². The summed E-state index contributed by atoms with van der Waals surface area (Å²) in [6, 6.07) is 2.15. The lowest BCUT2D eigenvalue weighted by Gasteiger charge is -2.27. The number of benzene rings is 1. The van der Waals surface area contributed by atoms with Gasteiger partial charge in [0.1, 0.15) is 0 Å². The fourth-order valence-electron chi connectivity index (χ4n) is 3.73. The van der Waals surface area contributed by atoms with E-state index in [1.165, 1.54) is 6.20 Å². The van der Waals surface area contributed by atoms with Gasteiger partial charge in [0.05, 0.1) is 22.9 Å². The molecule has 7 heteroatoms. The molecule has 2 saturated carbocycles. The van der Waals surface area contributed by atoms with E-state index < -0.39 is 17.3 Å². The van der Waals surface area contributed by atoms with Gasteiger partial charge in [0, 0.05) is 11.4 Å². The zero-order valence-corrected chi connectivity index (χ0v) is 11.0. The van der Waals surface area contributed by atoms with E-state index in [1.807, 2.05) is 0 Å². The van der Waals surface area contributed by atoms with Gasteiger partial charge in [-0.1, -0.05) is 0 Å². The third-order valence-corrected chi connectivity index (χ3v) is 4.93. The number of nitrogens with one attached hydrogen (secondary N) is 1. The number of hydrogen-bond acceptors (Lipinski definition) is 3. The van der Waals surface area contributed by atoms with Gasteiger partial charge in [-0.15, -0.1) is 0 Å². The van der Waals surface area contributed by atoms with Crippen LogP contribution in [0.4, 0.5) is 13.2 Å². The van der Waals surface area contributed by atoms with Crippen LogP contribution < -0.4 is 5.73 Å². The molecular formula is C14H14F3N3O. The summed E-state index contributed by atoms with van der Waals surface area (Å²) >= 11 is 0. The van der Waals surface area contributed by atoms with Gasteiger partial charge in [-0.2, -0.15) is 18.3 Å². The van der Waals surface area contributed by atoms with E-state index in [4.69, 9.17) is 5.73 Å². The molecule has 1 aromatic heterocycles. The van der Waals surface area contributed by atoms with Crippen LogP contribution in [-0.2, 0) is 11.8 Å². The van der Waals surface area contributed by atoms with Gasteiger partial charge < -0.3 is 10.8 Å². The van der Waals surface area contributed by atoms with Gasteiger partial charge in [-0.3, -0.25) is 5.10 Å². The normalized spacial score (nSPS) is 35.2. The van der Waals surface area contributed by atoms with Crippen LogP contribution in [0.3, 0.4) is 0 Å². The van der Waals surface area contributed by atoms with E-state index >= 15 is 0 Å². The number of aliphatic hydroxyl groups is 1. The number of nitrogens with two attached hydrogens (primary N) is 1. The van der Waals surface area contributed by atoms with Gasteiger partial charge in [0.15, 0.2) is 0 Å². The Morgan fingerprint density at radius 1 is 1.29 bits per heavy atom. The molecule has 112 valence electrons. The zero-order chi connectivity index (χ0) is 15.0. The molecule has 0 saturated heterocycles. The van der Waals surface area contributed by atoms with Gasteiger partial charge in [0.2, 0.25) is 0 Å². The minimum absolute atomic E-state index is 0.0796. The summed E-state index contributed by atoms with van der Waals surface area (Å²) in [4.78, 5) is 0. The number of aromatic amines is 1. The second-order valence-corrected chi connectivity index (χ2v) is 6.20. The average molecular weight is 297 g/mol. The number of fused-ring (bicyclic) bond motifs is 2. The number of hydrogen-bond donors (Lipinski definition) is 3. The summed E-state index contributed by atoms with van der Waals surface area (Å²) in [6.45, 7) is 0. The standard InChI is InChI=1S/C14H14F3N3O/c15-14(16,17)6-1-10(9-5-19-20-11(9)2-6)13(21)3-7-8(4-13)12(7)18/h1-2,5,7-8,12,21H,3-4,18H2,(H,19,20)/t7-,8+,12?,13?. The van der Waals surface area contributed by atoms with E-state index in [-0.39, 0.29) is 23.4 Å². The Morgan fingerprint density at radius 2 is 1.95 bits per heavy atom. The van der Waals surface area contributed by atoms with Crippen LogP contribution in [0.25, 0.3) is 10.9 Å². The maximum Gasteiger partial charge on any atom is 0.416 e. The lowest BCUT2D eigenvalue weighted by Crippen LogP contribution is -2.28. The lowest BCUT2D eigenvalue weighted by molar-refractivity contribution is -0.137. The number of alkyl halides is 3. The molecule has 2 aliphatic carbocycles. The van der Waals surface area contributed by atoms with Crippen molar-refractivity contribution in [1.29, 1.82) is 0 Å². The van der Waals surface area contributed by atoms with Crippen molar-refractivity contribution in [1.82, 2.24) is 10.2 Å². The Balaban J connectivity index is 1.86. The van der Waals surface area contributed by atoms with E-state index in [0.29, 0.717) is 23.8 Å². The van der Waals surface area contributed by atoms with Gasteiger partial charge in [-0.05, 0) is 42.4 Å². The van der Waals surface area contributed by atoms with Crippen LogP contribution in [0.1, 0.15) is 24.0 Å². The van der Waals surface area contributed by atoms with E-state index in [0.717, 1.165) is 12.1 Å². The molecule has 4 atom stereocenters. The van der Waals surface area contributed by atoms with Crippen LogP contribution in [-0.4, -0.2) is 21.3 Å². The van der Waals surface area contributed by atoms with Crippen molar-refractivity contribution in [3.8, 4) is 0 Å². The SMILES string of the molecule is NC1[C@H]2CC(O)(c3cc(C(F)(F)F)cc4[nH]ncc34)C[C@@H]12. The number of nitrogens with zero attached hydrogens (tertiary/aromatic N) is 1. The molecule has 2 fully saturated rings. The minimum Gasteiger partial charge on any atom is -0.385 e. The summed E-state index contributed by atoms with van der Waals surface area (Å²) in [5, 5.41) is 17.7.